The summed E-state index contributed by atoms with van der Waals surface area (Å²) in [6.45, 7) is 6.48. The highest BCUT2D eigenvalue weighted by atomic mass is 16.5. The largest absolute Gasteiger partial charge is 0.497 e. The quantitative estimate of drug-likeness (QED) is 0.688. The fourth-order valence-corrected chi connectivity index (χ4v) is 2.56. The molecule has 2 aromatic rings. The molecule has 0 spiro atoms. The molecule has 0 saturated carbocycles. The lowest BCUT2D eigenvalue weighted by Crippen LogP contribution is -2.34. The van der Waals surface area contributed by atoms with Gasteiger partial charge in [0.25, 0.3) is 11.8 Å². The Morgan fingerprint density at radius 2 is 1.75 bits per heavy atom. The Balaban J connectivity index is 2.10. The SMILES string of the molecule is CC[C@H](Oc1cccc(OC)c1)C(=O)Nc1ccccc1C(=O)NCC(C)C. The standard InChI is InChI=1S/C22H28N2O4/c1-5-20(28-17-10-8-9-16(13-17)27-4)22(26)24-19-12-7-6-11-18(19)21(25)23-14-15(2)3/h6-13,15,20H,5,14H2,1-4H3,(H,23,25)(H,24,26)/t20-/m0/s1. The van der Waals surface area contributed by atoms with Crippen molar-refractivity contribution in [1.29, 1.82) is 0 Å². The van der Waals surface area contributed by atoms with E-state index in [-0.39, 0.29) is 11.8 Å². The van der Waals surface area contributed by atoms with Gasteiger partial charge in [0.05, 0.1) is 18.4 Å². The summed E-state index contributed by atoms with van der Waals surface area (Å²) < 4.78 is 11.0. The Bertz CT molecular complexity index is 805. The van der Waals surface area contributed by atoms with Gasteiger partial charge in [0.2, 0.25) is 0 Å². The van der Waals surface area contributed by atoms with Crippen molar-refractivity contribution in [3.63, 3.8) is 0 Å². The van der Waals surface area contributed by atoms with Gasteiger partial charge in [-0.1, -0.05) is 39.0 Å². The minimum atomic E-state index is -0.695. The number of anilines is 1. The molecule has 1 atom stereocenters. The van der Waals surface area contributed by atoms with Gasteiger partial charge in [-0.3, -0.25) is 9.59 Å². The minimum Gasteiger partial charge on any atom is -0.497 e. The Kier molecular flexibility index (Phi) is 7.87. The predicted octanol–water partition coefficient (Wildman–Crippen LogP) is 3.88. The molecule has 0 aromatic heterocycles. The van der Waals surface area contributed by atoms with Crippen molar-refractivity contribution in [2.24, 2.45) is 5.92 Å². The molecule has 0 saturated heterocycles. The van der Waals surface area contributed by atoms with E-state index < -0.39 is 6.10 Å². The second kappa shape index (κ2) is 10.3. The third-order valence-corrected chi connectivity index (χ3v) is 4.08. The van der Waals surface area contributed by atoms with Gasteiger partial charge in [0.15, 0.2) is 6.10 Å². The van der Waals surface area contributed by atoms with Crippen LogP contribution in [0.15, 0.2) is 48.5 Å². The third kappa shape index (κ3) is 6.01. The van der Waals surface area contributed by atoms with E-state index in [1.165, 1.54) is 0 Å². The summed E-state index contributed by atoms with van der Waals surface area (Å²) >= 11 is 0. The molecule has 0 bridgehead atoms. The van der Waals surface area contributed by atoms with Crippen LogP contribution in [-0.2, 0) is 4.79 Å². The molecule has 6 heteroatoms. The number of rotatable bonds is 9. The normalized spacial score (nSPS) is 11.6. The first-order valence-electron chi connectivity index (χ1n) is 9.43. The van der Waals surface area contributed by atoms with Crippen LogP contribution >= 0.6 is 0 Å². The smallest absolute Gasteiger partial charge is 0.265 e. The van der Waals surface area contributed by atoms with Gasteiger partial charge in [-0.15, -0.1) is 0 Å². The van der Waals surface area contributed by atoms with Crippen LogP contribution in [0.1, 0.15) is 37.6 Å². The third-order valence-electron chi connectivity index (χ3n) is 4.08. The Hall–Kier alpha value is -3.02. The molecular weight excluding hydrogens is 356 g/mol. The maximum absolute atomic E-state index is 12.7. The molecule has 2 amide bonds. The highest BCUT2D eigenvalue weighted by Crippen LogP contribution is 2.22. The van der Waals surface area contributed by atoms with E-state index in [9.17, 15) is 9.59 Å². The molecule has 2 N–H and O–H groups in total. The van der Waals surface area contributed by atoms with Crippen LogP contribution in [0.25, 0.3) is 0 Å². The zero-order chi connectivity index (χ0) is 20.5. The van der Waals surface area contributed by atoms with Crippen LogP contribution in [0.3, 0.4) is 0 Å². The lowest BCUT2D eigenvalue weighted by atomic mass is 10.1. The summed E-state index contributed by atoms with van der Waals surface area (Å²) in [7, 11) is 1.57. The zero-order valence-corrected chi connectivity index (χ0v) is 16.8. The molecule has 0 aliphatic heterocycles. The number of para-hydroxylation sites is 1. The number of carbonyl (C=O) groups excluding carboxylic acids is 2. The minimum absolute atomic E-state index is 0.216. The molecule has 0 unspecified atom stereocenters. The van der Waals surface area contributed by atoms with Gasteiger partial charge in [-0.25, -0.2) is 0 Å². The monoisotopic (exact) mass is 384 g/mol. The van der Waals surface area contributed by atoms with Crippen molar-refractivity contribution in [3.05, 3.63) is 54.1 Å². The van der Waals surface area contributed by atoms with Gasteiger partial charge in [-0.2, -0.15) is 0 Å². The second-order valence-corrected chi connectivity index (χ2v) is 6.83. The van der Waals surface area contributed by atoms with E-state index in [1.807, 2.05) is 20.8 Å². The number of benzene rings is 2. The van der Waals surface area contributed by atoms with E-state index in [0.717, 1.165) is 0 Å². The van der Waals surface area contributed by atoms with E-state index >= 15 is 0 Å². The fourth-order valence-electron chi connectivity index (χ4n) is 2.56. The molecule has 0 aliphatic carbocycles. The average molecular weight is 384 g/mol. The molecule has 28 heavy (non-hydrogen) atoms. The first-order valence-corrected chi connectivity index (χ1v) is 9.43. The molecule has 0 heterocycles. The Labute approximate surface area is 166 Å². The van der Waals surface area contributed by atoms with Crippen LogP contribution in [0.2, 0.25) is 0 Å². The van der Waals surface area contributed by atoms with Crippen molar-refractivity contribution >= 4 is 17.5 Å². The van der Waals surface area contributed by atoms with Crippen LogP contribution in [0, 0.1) is 5.92 Å². The number of carbonyl (C=O) groups is 2. The first-order chi connectivity index (χ1) is 13.4. The number of nitrogens with one attached hydrogen (secondary N) is 2. The maximum atomic E-state index is 12.7. The molecule has 6 nitrogen and oxygen atoms in total. The van der Waals surface area contributed by atoms with Crippen molar-refractivity contribution < 1.29 is 19.1 Å². The topological polar surface area (TPSA) is 76.7 Å². The molecule has 150 valence electrons. The van der Waals surface area contributed by atoms with E-state index in [4.69, 9.17) is 9.47 Å². The molecule has 2 rings (SSSR count). The summed E-state index contributed by atoms with van der Waals surface area (Å²) in [4.78, 5) is 25.2. The van der Waals surface area contributed by atoms with Gasteiger partial charge in [0.1, 0.15) is 11.5 Å². The highest BCUT2D eigenvalue weighted by Gasteiger charge is 2.21. The first kappa shape index (κ1) is 21.3. The summed E-state index contributed by atoms with van der Waals surface area (Å²) in [5, 5.41) is 5.70. The van der Waals surface area contributed by atoms with Crippen molar-refractivity contribution in [2.75, 3.05) is 19.0 Å². The van der Waals surface area contributed by atoms with Crippen LogP contribution in [0.5, 0.6) is 11.5 Å². The summed E-state index contributed by atoms with van der Waals surface area (Å²) in [5.41, 5.74) is 0.884. The van der Waals surface area contributed by atoms with Crippen LogP contribution < -0.4 is 20.1 Å². The molecule has 0 fully saturated rings. The summed E-state index contributed by atoms with van der Waals surface area (Å²) in [6, 6.07) is 14.0. The van der Waals surface area contributed by atoms with Gasteiger partial charge < -0.3 is 20.1 Å². The van der Waals surface area contributed by atoms with E-state index in [0.29, 0.717) is 41.6 Å². The fraction of sp³-hybridized carbons (Fsp3) is 0.364. The number of methoxy groups -OCH3 is 1. The van der Waals surface area contributed by atoms with Crippen molar-refractivity contribution in [2.45, 2.75) is 33.3 Å². The van der Waals surface area contributed by atoms with Gasteiger partial charge in [0, 0.05) is 12.6 Å². The van der Waals surface area contributed by atoms with Crippen molar-refractivity contribution in [3.8, 4) is 11.5 Å². The van der Waals surface area contributed by atoms with E-state index in [1.54, 1.807) is 55.6 Å². The Morgan fingerprint density at radius 3 is 2.43 bits per heavy atom. The Morgan fingerprint density at radius 1 is 1.04 bits per heavy atom. The molecular formula is C22H28N2O4. The lowest BCUT2D eigenvalue weighted by Gasteiger charge is -2.19. The average Bonchev–Trinajstić information content (AvgIpc) is 2.70. The van der Waals surface area contributed by atoms with Crippen LogP contribution in [-0.4, -0.2) is 31.6 Å². The predicted molar refractivity (Wildman–Crippen MR) is 110 cm³/mol. The van der Waals surface area contributed by atoms with E-state index in [2.05, 4.69) is 10.6 Å². The number of hydrogen-bond acceptors (Lipinski definition) is 4. The number of amides is 2. The maximum Gasteiger partial charge on any atom is 0.265 e. The van der Waals surface area contributed by atoms with Gasteiger partial charge in [-0.05, 0) is 36.6 Å². The summed E-state index contributed by atoms with van der Waals surface area (Å²) in [6.07, 6.45) is -0.219. The van der Waals surface area contributed by atoms with Crippen LogP contribution in [0.4, 0.5) is 5.69 Å². The summed E-state index contributed by atoms with van der Waals surface area (Å²) in [5.74, 6) is 1.01. The lowest BCUT2D eigenvalue weighted by molar-refractivity contribution is -0.122. The number of hydrogen-bond donors (Lipinski definition) is 2. The van der Waals surface area contributed by atoms with Gasteiger partial charge >= 0.3 is 0 Å². The highest BCUT2D eigenvalue weighted by molar-refractivity contribution is 6.04. The zero-order valence-electron chi connectivity index (χ0n) is 16.8. The molecule has 0 aliphatic rings. The number of ether oxygens (including phenoxy) is 2. The molecule has 2 aromatic carbocycles. The molecule has 0 radical (unpaired) electrons. The van der Waals surface area contributed by atoms with Crippen molar-refractivity contribution in [1.82, 2.24) is 5.32 Å². The second-order valence-electron chi connectivity index (χ2n) is 6.83.